The number of aliphatic hydroxyl groups is 1. The maximum absolute atomic E-state index is 9.05. The van der Waals surface area contributed by atoms with E-state index in [1.165, 1.54) is 0 Å². The third kappa shape index (κ3) is 3.57. The fraction of sp³-hybridized carbons (Fsp3) is 0.500. The van der Waals surface area contributed by atoms with Gasteiger partial charge in [-0.3, -0.25) is 4.98 Å². The van der Waals surface area contributed by atoms with E-state index >= 15 is 0 Å². The summed E-state index contributed by atoms with van der Waals surface area (Å²) in [4.78, 5) is 15.9. The summed E-state index contributed by atoms with van der Waals surface area (Å²) in [7, 11) is 0. The summed E-state index contributed by atoms with van der Waals surface area (Å²) in [5, 5.41) is 12.1. The zero-order valence-corrected chi connectivity index (χ0v) is 14.1. The van der Waals surface area contributed by atoms with E-state index in [0.717, 1.165) is 43.3 Å². The van der Waals surface area contributed by atoms with Crippen molar-refractivity contribution >= 4 is 11.8 Å². The summed E-state index contributed by atoms with van der Waals surface area (Å²) in [6.07, 6.45) is 2.84. The molecule has 0 radical (unpaired) electrons. The molecule has 2 N–H and O–H groups in total. The molecule has 25 heavy (non-hydrogen) atoms. The number of nitrogens with zero attached hydrogens (tertiary/aromatic N) is 4. The van der Waals surface area contributed by atoms with Crippen molar-refractivity contribution in [3.05, 3.63) is 41.9 Å². The number of hydrogen-bond acceptors (Lipinski definition) is 7. The SMILES string of the molecule is OCCNc1nc([C@@H]2CCOC2)cc(N2CC(c3ccccn3)C2)n1. The van der Waals surface area contributed by atoms with E-state index < -0.39 is 0 Å². The predicted octanol–water partition coefficient (Wildman–Crippen LogP) is 1.38. The Kier molecular flexibility index (Phi) is 4.76. The second-order valence-corrected chi connectivity index (χ2v) is 6.54. The number of hydrogen-bond donors (Lipinski definition) is 2. The van der Waals surface area contributed by atoms with Gasteiger partial charge in [-0.25, -0.2) is 4.98 Å². The largest absolute Gasteiger partial charge is 0.395 e. The summed E-state index contributed by atoms with van der Waals surface area (Å²) >= 11 is 0. The molecule has 0 amide bonds. The number of pyridine rings is 1. The third-order valence-electron chi connectivity index (χ3n) is 4.79. The van der Waals surface area contributed by atoms with Crippen LogP contribution in [-0.2, 0) is 4.74 Å². The van der Waals surface area contributed by atoms with Crippen LogP contribution in [0, 0.1) is 0 Å². The second-order valence-electron chi connectivity index (χ2n) is 6.54. The van der Waals surface area contributed by atoms with Crippen molar-refractivity contribution in [2.24, 2.45) is 0 Å². The molecule has 2 saturated heterocycles. The van der Waals surface area contributed by atoms with Crippen LogP contribution in [0.25, 0.3) is 0 Å². The fourth-order valence-electron chi connectivity index (χ4n) is 3.31. The number of anilines is 2. The summed E-state index contributed by atoms with van der Waals surface area (Å²) in [6.45, 7) is 3.82. The van der Waals surface area contributed by atoms with Gasteiger partial charge in [-0.15, -0.1) is 0 Å². The first-order chi connectivity index (χ1) is 12.3. The van der Waals surface area contributed by atoms with Crippen molar-refractivity contribution in [1.82, 2.24) is 15.0 Å². The molecule has 2 fully saturated rings. The van der Waals surface area contributed by atoms with Gasteiger partial charge in [0.1, 0.15) is 5.82 Å². The van der Waals surface area contributed by atoms with Gasteiger partial charge < -0.3 is 20.1 Å². The van der Waals surface area contributed by atoms with E-state index in [1.807, 2.05) is 18.3 Å². The highest BCUT2D eigenvalue weighted by atomic mass is 16.5. The van der Waals surface area contributed by atoms with Crippen molar-refractivity contribution in [3.8, 4) is 0 Å². The Labute approximate surface area is 147 Å². The maximum Gasteiger partial charge on any atom is 0.224 e. The number of ether oxygens (including phenoxy) is 1. The molecule has 0 aromatic carbocycles. The zero-order chi connectivity index (χ0) is 17.1. The lowest BCUT2D eigenvalue weighted by atomic mass is 9.95. The van der Waals surface area contributed by atoms with E-state index in [2.05, 4.69) is 37.3 Å². The summed E-state index contributed by atoms with van der Waals surface area (Å²) < 4.78 is 5.51. The standard InChI is InChI=1S/C18H23N5O2/c24-7-6-20-18-21-16(13-4-8-25-12-13)9-17(22-18)23-10-14(11-23)15-3-1-2-5-19-15/h1-3,5,9,13-14,24H,4,6-8,10-12H2,(H,20,21,22)/t13-/m1/s1. The van der Waals surface area contributed by atoms with Gasteiger partial charge in [0.2, 0.25) is 5.95 Å². The molecule has 4 rings (SSSR count). The summed E-state index contributed by atoms with van der Waals surface area (Å²) in [5.74, 6) is 2.28. The van der Waals surface area contributed by atoms with Gasteiger partial charge >= 0.3 is 0 Å². The van der Waals surface area contributed by atoms with Crippen LogP contribution in [0.2, 0.25) is 0 Å². The van der Waals surface area contributed by atoms with Crippen LogP contribution in [0.1, 0.15) is 29.6 Å². The van der Waals surface area contributed by atoms with Gasteiger partial charge in [0, 0.05) is 56.0 Å². The fourth-order valence-corrected chi connectivity index (χ4v) is 3.31. The average Bonchev–Trinajstić information content (AvgIpc) is 3.14. The van der Waals surface area contributed by atoms with Crippen LogP contribution in [0.5, 0.6) is 0 Å². The van der Waals surface area contributed by atoms with Crippen molar-refractivity contribution in [3.63, 3.8) is 0 Å². The number of rotatable bonds is 6. The molecule has 7 nitrogen and oxygen atoms in total. The lowest BCUT2D eigenvalue weighted by Crippen LogP contribution is -2.46. The number of aliphatic hydroxyl groups excluding tert-OH is 1. The smallest absolute Gasteiger partial charge is 0.224 e. The molecule has 7 heteroatoms. The lowest BCUT2D eigenvalue weighted by Gasteiger charge is -2.40. The van der Waals surface area contributed by atoms with E-state index in [0.29, 0.717) is 30.9 Å². The highest BCUT2D eigenvalue weighted by molar-refractivity contribution is 5.49. The van der Waals surface area contributed by atoms with Crippen LogP contribution >= 0.6 is 0 Å². The molecule has 2 aliphatic heterocycles. The normalized spacial score (nSPS) is 20.5. The topological polar surface area (TPSA) is 83.4 Å². The minimum Gasteiger partial charge on any atom is -0.395 e. The Bertz CT molecular complexity index is 700. The Morgan fingerprint density at radius 1 is 1.20 bits per heavy atom. The zero-order valence-electron chi connectivity index (χ0n) is 14.1. The van der Waals surface area contributed by atoms with Gasteiger partial charge in [-0.05, 0) is 18.6 Å². The van der Waals surface area contributed by atoms with Gasteiger partial charge in [0.15, 0.2) is 0 Å². The minimum absolute atomic E-state index is 0.0565. The Balaban J connectivity index is 1.51. The predicted molar refractivity (Wildman–Crippen MR) is 95.0 cm³/mol. The number of aromatic nitrogens is 3. The molecule has 0 saturated carbocycles. The molecule has 0 spiro atoms. The van der Waals surface area contributed by atoms with E-state index in [-0.39, 0.29) is 6.61 Å². The van der Waals surface area contributed by atoms with E-state index in [9.17, 15) is 0 Å². The lowest BCUT2D eigenvalue weighted by molar-refractivity contribution is 0.193. The monoisotopic (exact) mass is 341 g/mol. The second kappa shape index (κ2) is 7.33. The first-order valence-corrected chi connectivity index (χ1v) is 8.81. The molecule has 0 unspecified atom stereocenters. The van der Waals surface area contributed by atoms with Crippen molar-refractivity contribution in [1.29, 1.82) is 0 Å². The Morgan fingerprint density at radius 2 is 2.12 bits per heavy atom. The van der Waals surface area contributed by atoms with Crippen LogP contribution in [0.3, 0.4) is 0 Å². The van der Waals surface area contributed by atoms with Gasteiger partial charge in [-0.2, -0.15) is 4.98 Å². The molecule has 132 valence electrons. The molecule has 1 atom stereocenters. The summed E-state index contributed by atoms with van der Waals surface area (Å²) in [6, 6.07) is 8.14. The highest BCUT2D eigenvalue weighted by Crippen LogP contribution is 2.32. The Hall–Kier alpha value is -2.25. The molecule has 4 heterocycles. The molecular weight excluding hydrogens is 318 g/mol. The van der Waals surface area contributed by atoms with Crippen molar-refractivity contribution in [2.75, 3.05) is 49.7 Å². The van der Waals surface area contributed by atoms with Crippen LogP contribution in [0.15, 0.2) is 30.5 Å². The van der Waals surface area contributed by atoms with Crippen LogP contribution in [0.4, 0.5) is 11.8 Å². The van der Waals surface area contributed by atoms with Crippen LogP contribution < -0.4 is 10.2 Å². The Morgan fingerprint density at radius 3 is 2.84 bits per heavy atom. The van der Waals surface area contributed by atoms with E-state index in [1.54, 1.807) is 0 Å². The first-order valence-electron chi connectivity index (χ1n) is 8.81. The minimum atomic E-state index is 0.0565. The van der Waals surface area contributed by atoms with Gasteiger partial charge in [0.25, 0.3) is 0 Å². The van der Waals surface area contributed by atoms with Crippen molar-refractivity contribution in [2.45, 2.75) is 18.3 Å². The third-order valence-corrected chi connectivity index (χ3v) is 4.79. The first kappa shape index (κ1) is 16.2. The molecular formula is C18H23N5O2. The number of nitrogens with one attached hydrogen (secondary N) is 1. The molecule has 0 bridgehead atoms. The van der Waals surface area contributed by atoms with Gasteiger partial charge in [0.05, 0.1) is 18.9 Å². The highest BCUT2D eigenvalue weighted by Gasteiger charge is 2.31. The quantitative estimate of drug-likeness (QED) is 0.821. The average molecular weight is 341 g/mol. The summed E-state index contributed by atoms with van der Waals surface area (Å²) in [5.41, 5.74) is 2.15. The van der Waals surface area contributed by atoms with Gasteiger partial charge in [-0.1, -0.05) is 6.07 Å². The molecule has 2 aromatic heterocycles. The van der Waals surface area contributed by atoms with E-state index in [4.69, 9.17) is 9.84 Å². The molecule has 2 aromatic rings. The van der Waals surface area contributed by atoms with Crippen LogP contribution in [-0.4, -0.2) is 59.5 Å². The van der Waals surface area contributed by atoms with Crippen molar-refractivity contribution < 1.29 is 9.84 Å². The maximum atomic E-state index is 9.05. The molecule has 0 aliphatic carbocycles. The molecule has 2 aliphatic rings.